The summed E-state index contributed by atoms with van der Waals surface area (Å²) in [4.78, 5) is 1.93. The summed E-state index contributed by atoms with van der Waals surface area (Å²) in [6.07, 6.45) is 0. The van der Waals surface area contributed by atoms with Gasteiger partial charge in [-0.15, -0.1) is 0 Å². The van der Waals surface area contributed by atoms with E-state index < -0.39 is 10.0 Å². The molecule has 8 heteroatoms. The predicted molar refractivity (Wildman–Crippen MR) is 79.8 cm³/mol. The molecule has 0 aliphatic heterocycles. The summed E-state index contributed by atoms with van der Waals surface area (Å²) in [6, 6.07) is 1.11. The summed E-state index contributed by atoms with van der Waals surface area (Å²) in [5.74, 6) is 0.348. The van der Waals surface area contributed by atoms with Crippen molar-refractivity contribution in [3.05, 3.63) is 16.5 Å². The van der Waals surface area contributed by atoms with Gasteiger partial charge >= 0.3 is 0 Å². The molecule has 1 unspecified atom stereocenters. The zero-order valence-electron chi connectivity index (χ0n) is 12.1. The summed E-state index contributed by atoms with van der Waals surface area (Å²) < 4.78 is 32.6. The maximum atomic E-state index is 12.4. The molecule has 1 rings (SSSR count). The van der Waals surface area contributed by atoms with Crippen LogP contribution in [0.5, 0.6) is 0 Å². The number of hydrogen-bond donors (Lipinski definition) is 2. The van der Waals surface area contributed by atoms with Crippen LogP contribution in [0.25, 0.3) is 0 Å². The maximum absolute atomic E-state index is 12.4. The van der Waals surface area contributed by atoms with Gasteiger partial charge in [0.25, 0.3) is 0 Å². The smallest absolute Gasteiger partial charge is 0.245 e. The molecule has 0 bridgehead atoms. The second-order valence-corrected chi connectivity index (χ2v) is 7.65. The van der Waals surface area contributed by atoms with Crippen LogP contribution in [0.15, 0.2) is 20.0 Å². The molecule has 1 aromatic heterocycles. The Bertz CT molecular complexity index is 540. The Kier molecular flexibility index (Phi) is 6.21. The van der Waals surface area contributed by atoms with Crippen molar-refractivity contribution in [2.24, 2.45) is 5.92 Å². The van der Waals surface area contributed by atoms with Crippen LogP contribution >= 0.6 is 15.9 Å². The standard InChI is InChI=1S/C12H21BrN2O4S/c1-8(2)10(6-15(3)4)14-20(17,18)11-5-9(7-16)19-12(11)13/h5,8,10,14,16H,6-7H2,1-4H3. The molecular formula is C12H21BrN2O4S. The lowest BCUT2D eigenvalue weighted by molar-refractivity contribution is 0.245. The van der Waals surface area contributed by atoms with Gasteiger partial charge in [-0.2, -0.15) is 0 Å². The Morgan fingerprint density at radius 1 is 1.45 bits per heavy atom. The first kappa shape index (κ1) is 17.6. The van der Waals surface area contributed by atoms with Gasteiger partial charge in [-0.3, -0.25) is 0 Å². The van der Waals surface area contributed by atoms with Crippen molar-refractivity contribution in [3.8, 4) is 0 Å². The Balaban J connectivity index is 3.00. The number of aliphatic hydroxyl groups excluding tert-OH is 1. The van der Waals surface area contributed by atoms with Gasteiger partial charge in [-0.1, -0.05) is 13.8 Å². The largest absolute Gasteiger partial charge is 0.450 e. The Morgan fingerprint density at radius 3 is 2.45 bits per heavy atom. The van der Waals surface area contributed by atoms with Crippen molar-refractivity contribution in [3.63, 3.8) is 0 Å². The van der Waals surface area contributed by atoms with Crippen LogP contribution in [0.3, 0.4) is 0 Å². The van der Waals surface area contributed by atoms with Crippen LogP contribution in [0.4, 0.5) is 0 Å². The molecule has 1 heterocycles. The van der Waals surface area contributed by atoms with Gasteiger partial charge in [-0.25, -0.2) is 13.1 Å². The molecule has 0 aliphatic rings. The van der Waals surface area contributed by atoms with E-state index in [1.807, 2.05) is 32.8 Å². The molecular weight excluding hydrogens is 348 g/mol. The van der Waals surface area contributed by atoms with Crippen LogP contribution in [-0.4, -0.2) is 45.1 Å². The average Bonchev–Trinajstić information content (AvgIpc) is 2.69. The van der Waals surface area contributed by atoms with E-state index in [9.17, 15) is 8.42 Å². The van der Waals surface area contributed by atoms with Crippen LogP contribution in [-0.2, 0) is 16.6 Å². The molecule has 2 N–H and O–H groups in total. The van der Waals surface area contributed by atoms with E-state index in [1.54, 1.807) is 0 Å². The lowest BCUT2D eigenvalue weighted by Gasteiger charge is -2.25. The van der Waals surface area contributed by atoms with Crippen LogP contribution in [0.1, 0.15) is 19.6 Å². The molecule has 1 atom stereocenters. The van der Waals surface area contributed by atoms with Gasteiger partial charge < -0.3 is 14.4 Å². The maximum Gasteiger partial charge on any atom is 0.245 e. The second-order valence-electron chi connectivity index (χ2n) is 5.24. The molecule has 20 heavy (non-hydrogen) atoms. The number of hydrogen-bond acceptors (Lipinski definition) is 5. The lowest BCUT2D eigenvalue weighted by atomic mass is 10.1. The van der Waals surface area contributed by atoms with E-state index in [0.29, 0.717) is 6.54 Å². The minimum atomic E-state index is -3.70. The second kappa shape index (κ2) is 7.04. The first-order chi connectivity index (χ1) is 9.17. The van der Waals surface area contributed by atoms with Gasteiger partial charge in [0.1, 0.15) is 17.3 Å². The highest BCUT2D eigenvalue weighted by molar-refractivity contribution is 9.10. The zero-order chi connectivity index (χ0) is 15.5. The number of likely N-dealkylation sites (N-methyl/N-ethyl adjacent to an activating group) is 1. The number of nitrogens with zero attached hydrogens (tertiary/aromatic N) is 1. The number of rotatable bonds is 7. The van der Waals surface area contributed by atoms with E-state index in [-0.39, 0.29) is 33.9 Å². The van der Waals surface area contributed by atoms with Gasteiger partial charge in [0.15, 0.2) is 4.67 Å². The molecule has 0 saturated carbocycles. The number of nitrogens with one attached hydrogen (secondary N) is 1. The van der Waals surface area contributed by atoms with Crippen molar-refractivity contribution >= 4 is 26.0 Å². The third-order valence-electron chi connectivity index (χ3n) is 2.82. The summed E-state index contributed by atoms with van der Waals surface area (Å²) in [7, 11) is 0.0819. The highest BCUT2D eigenvalue weighted by atomic mass is 79.9. The van der Waals surface area contributed by atoms with Crippen molar-refractivity contribution in [1.82, 2.24) is 9.62 Å². The van der Waals surface area contributed by atoms with Gasteiger partial charge in [0.2, 0.25) is 10.0 Å². The van der Waals surface area contributed by atoms with Crippen molar-refractivity contribution in [1.29, 1.82) is 0 Å². The fourth-order valence-electron chi connectivity index (χ4n) is 1.70. The number of sulfonamides is 1. The van der Waals surface area contributed by atoms with E-state index in [4.69, 9.17) is 9.52 Å². The van der Waals surface area contributed by atoms with E-state index in [0.717, 1.165) is 0 Å². The lowest BCUT2D eigenvalue weighted by Crippen LogP contribution is -2.44. The Labute approximate surface area is 128 Å². The third-order valence-corrected chi connectivity index (χ3v) is 5.17. The van der Waals surface area contributed by atoms with Gasteiger partial charge in [-0.05, 0) is 35.9 Å². The molecule has 0 radical (unpaired) electrons. The molecule has 0 aromatic carbocycles. The average molecular weight is 369 g/mol. The van der Waals surface area contributed by atoms with Gasteiger partial charge in [0, 0.05) is 18.7 Å². The minimum absolute atomic E-state index is 0.00551. The summed E-state index contributed by atoms with van der Waals surface area (Å²) >= 11 is 3.06. The van der Waals surface area contributed by atoms with Gasteiger partial charge in [0.05, 0.1) is 0 Å². The summed E-state index contributed by atoms with van der Waals surface area (Å²) in [5, 5.41) is 8.99. The van der Waals surface area contributed by atoms with Crippen LogP contribution in [0.2, 0.25) is 0 Å². The molecule has 6 nitrogen and oxygen atoms in total. The highest BCUT2D eigenvalue weighted by Crippen LogP contribution is 2.26. The first-order valence-corrected chi connectivity index (χ1v) is 8.51. The zero-order valence-corrected chi connectivity index (χ0v) is 14.5. The Morgan fingerprint density at radius 2 is 2.05 bits per heavy atom. The molecule has 0 saturated heterocycles. The SMILES string of the molecule is CC(C)C(CN(C)C)NS(=O)(=O)c1cc(CO)oc1Br. The molecule has 0 amide bonds. The van der Waals surface area contributed by atoms with E-state index in [2.05, 4.69) is 20.7 Å². The normalized spacial score (nSPS) is 14.2. The van der Waals surface area contributed by atoms with Crippen molar-refractivity contribution in [2.75, 3.05) is 20.6 Å². The van der Waals surface area contributed by atoms with Crippen molar-refractivity contribution < 1.29 is 17.9 Å². The summed E-state index contributed by atoms with van der Waals surface area (Å²) in [6.45, 7) is 4.17. The molecule has 0 fully saturated rings. The Hall–Kier alpha value is -0.410. The molecule has 1 aromatic rings. The van der Waals surface area contributed by atoms with E-state index in [1.165, 1.54) is 6.07 Å². The number of halogens is 1. The minimum Gasteiger partial charge on any atom is -0.450 e. The number of furan rings is 1. The summed E-state index contributed by atoms with van der Waals surface area (Å²) in [5.41, 5.74) is 0. The van der Waals surface area contributed by atoms with Crippen molar-refractivity contribution in [2.45, 2.75) is 31.4 Å². The molecule has 0 spiro atoms. The monoisotopic (exact) mass is 368 g/mol. The van der Waals surface area contributed by atoms with E-state index >= 15 is 0 Å². The molecule has 0 aliphatic carbocycles. The topological polar surface area (TPSA) is 82.8 Å². The number of aliphatic hydroxyl groups is 1. The van der Waals surface area contributed by atoms with Crippen LogP contribution < -0.4 is 4.72 Å². The highest BCUT2D eigenvalue weighted by Gasteiger charge is 2.27. The van der Waals surface area contributed by atoms with Crippen LogP contribution in [0, 0.1) is 5.92 Å². The first-order valence-electron chi connectivity index (χ1n) is 6.23. The molecule has 116 valence electrons. The fourth-order valence-corrected chi connectivity index (χ4v) is 4.07. The fraction of sp³-hybridized carbons (Fsp3) is 0.667. The quantitative estimate of drug-likeness (QED) is 0.759. The predicted octanol–water partition coefficient (Wildman–Crippen LogP) is 1.40. The third kappa shape index (κ3) is 4.56.